The number of carbonyl (C=O) groups excluding carboxylic acids is 1. The Balaban J connectivity index is 0.00000256. The zero-order chi connectivity index (χ0) is 12.3. The van der Waals surface area contributed by atoms with Crippen LogP contribution < -0.4 is 5.73 Å². The second kappa shape index (κ2) is 7.29. The summed E-state index contributed by atoms with van der Waals surface area (Å²) in [7, 11) is 1.29. The standard InChI is InChI=1S/C10H10Cl3NO2.ClH/c1-16-9(15)4-8(14)6-2-5(11)3-7(12)10(6)13;/h2-3,8H,4,14H2,1H3;1H/t8-;/m1./s1. The van der Waals surface area contributed by atoms with Crippen molar-refractivity contribution in [1.82, 2.24) is 0 Å². The predicted molar refractivity (Wildman–Crippen MR) is 72.3 cm³/mol. The van der Waals surface area contributed by atoms with Crippen molar-refractivity contribution in [3.63, 3.8) is 0 Å². The molecule has 0 spiro atoms. The lowest BCUT2D eigenvalue weighted by Gasteiger charge is -2.13. The lowest BCUT2D eigenvalue weighted by Crippen LogP contribution is -2.16. The molecule has 0 radical (unpaired) electrons. The summed E-state index contributed by atoms with van der Waals surface area (Å²) in [5, 5.41) is 1.04. The van der Waals surface area contributed by atoms with Crippen LogP contribution in [-0.4, -0.2) is 13.1 Å². The average Bonchev–Trinajstić information content (AvgIpc) is 2.22. The van der Waals surface area contributed by atoms with Gasteiger partial charge < -0.3 is 10.5 Å². The first kappa shape index (κ1) is 16.8. The van der Waals surface area contributed by atoms with E-state index in [0.29, 0.717) is 20.6 Å². The summed E-state index contributed by atoms with van der Waals surface area (Å²) in [6.45, 7) is 0. The van der Waals surface area contributed by atoms with Gasteiger partial charge in [0.15, 0.2) is 0 Å². The Hall–Kier alpha value is -0.190. The first-order valence-electron chi connectivity index (χ1n) is 4.42. The fraction of sp³-hybridized carbons (Fsp3) is 0.300. The van der Waals surface area contributed by atoms with Crippen LogP contribution in [0, 0.1) is 0 Å². The molecule has 0 aliphatic carbocycles. The minimum absolute atomic E-state index is 0. The third kappa shape index (κ3) is 4.53. The normalized spacial score (nSPS) is 11.6. The van der Waals surface area contributed by atoms with Crippen LogP contribution in [0.3, 0.4) is 0 Å². The smallest absolute Gasteiger partial charge is 0.307 e. The van der Waals surface area contributed by atoms with E-state index < -0.39 is 12.0 Å². The number of methoxy groups -OCH3 is 1. The second-order valence-corrected chi connectivity index (χ2v) is 4.40. The molecule has 1 aromatic carbocycles. The number of halogens is 4. The maximum Gasteiger partial charge on any atom is 0.307 e. The van der Waals surface area contributed by atoms with E-state index in [4.69, 9.17) is 40.5 Å². The number of rotatable bonds is 3. The zero-order valence-electron chi connectivity index (χ0n) is 8.88. The lowest BCUT2D eigenvalue weighted by molar-refractivity contribution is -0.141. The van der Waals surface area contributed by atoms with Gasteiger partial charge in [-0.3, -0.25) is 4.79 Å². The highest BCUT2D eigenvalue weighted by atomic mass is 35.5. The van der Waals surface area contributed by atoms with E-state index in [0.717, 1.165) is 0 Å². The number of esters is 1. The summed E-state index contributed by atoms with van der Waals surface area (Å²) < 4.78 is 4.51. The predicted octanol–water partition coefficient (Wildman–Crippen LogP) is 3.63. The molecule has 96 valence electrons. The molecular formula is C10H11Cl4NO2. The van der Waals surface area contributed by atoms with Crippen LogP contribution >= 0.6 is 47.2 Å². The molecule has 1 atom stereocenters. The van der Waals surface area contributed by atoms with E-state index in [1.54, 1.807) is 6.07 Å². The highest BCUT2D eigenvalue weighted by Crippen LogP contribution is 2.33. The van der Waals surface area contributed by atoms with Gasteiger partial charge in [-0.25, -0.2) is 0 Å². The van der Waals surface area contributed by atoms with Crippen LogP contribution in [0.25, 0.3) is 0 Å². The van der Waals surface area contributed by atoms with Gasteiger partial charge in [0.25, 0.3) is 0 Å². The third-order valence-corrected chi connectivity index (χ3v) is 3.07. The molecule has 0 aliphatic rings. The SMILES string of the molecule is COC(=O)C[C@@H](N)c1cc(Cl)cc(Cl)c1Cl.Cl. The average molecular weight is 319 g/mol. The molecule has 0 aliphatic heterocycles. The van der Waals surface area contributed by atoms with E-state index in [1.807, 2.05) is 0 Å². The van der Waals surface area contributed by atoms with Gasteiger partial charge in [0.1, 0.15) is 0 Å². The van der Waals surface area contributed by atoms with Gasteiger partial charge in [-0.15, -0.1) is 12.4 Å². The molecule has 1 rings (SSSR count). The molecule has 0 heterocycles. The van der Waals surface area contributed by atoms with Crippen molar-refractivity contribution in [3.8, 4) is 0 Å². The van der Waals surface area contributed by atoms with Crippen LogP contribution in [0.2, 0.25) is 15.1 Å². The van der Waals surface area contributed by atoms with Gasteiger partial charge in [0, 0.05) is 11.1 Å². The van der Waals surface area contributed by atoms with Gasteiger partial charge >= 0.3 is 5.97 Å². The van der Waals surface area contributed by atoms with Gasteiger partial charge in [-0.05, 0) is 17.7 Å². The Kier molecular flexibility index (Phi) is 7.21. The quantitative estimate of drug-likeness (QED) is 0.684. The Morgan fingerprint density at radius 2 is 2.00 bits per heavy atom. The molecule has 0 unspecified atom stereocenters. The molecule has 17 heavy (non-hydrogen) atoms. The van der Waals surface area contributed by atoms with Crippen LogP contribution in [0.1, 0.15) is 18.0 Å². The molecule has 0 bridgehead atoms. The van der Waals surface area contributed by atoms with Gasteiger partial charge in [0.05, 0.1) is 23.6 Å². The van der Waals surface area contributed by atoms with Crippen LogP contribution in [0.4, 0.5) is 0 Å². The van der Waals surface area contributed by atoms with Gasteiger partial charge in [-0.1, -0.05) is 34.8 Å². The minimum atomic E-state index is -0.587. The Labute approximate surface area is 121 Å². The van der Waals surface area contributed by atoms with E-state index in [1.165, 1.54) is 13.2 Å². The Morgan fingerprint density at radius 1 is 1.41 bits per heavy atom. The molecule has 7 heteroatoms. The van der Waals surface area contributed by atoms with Gasteiger partial charge in [0.2, 0.25) is 0 Å². The van der Waals surface area contributed by atoms with E-state index >= 15 is 0 Å². The summed E-state index contributed by atoms with van der Waals surface area (Å²) >= 11 is 17.6. The third-order valence-electron chi connectivity index (χ3n) is 2.03. The largest absolute Gasteiger partial charge is 0.469 e. The molecule has 0 amide bonds. The number of carbonyl (C=O) groups is 1. The maximum absolute atomic E-state index is 11.1. The summed E-state index contributed by atoms with van der Waals surface area (Å²) in [6, 6.07) is 2.51. The summed E-state index contributed by atoms with van der Waals surface area (Å²) in [5.41, 5.74) is 6.34. The van der Waals surface area contributed by atoms with Gasteiger partial charge in [-0.2, -0.15) is 0 Å². The number of benzene rings is 1. The minimum Gasteiger partial charge on any atom is -0.469 e. The zero-order valence-corrected chi connectivity index (χ0v) is 12.0. The van der Waals surface area contributed by atoms with Crippen LogP contribution in [0.5, 0.6) is 0 Å². The summed E-state index contributed by atoms with van der Waals surface area (Å²) in [6.07, 6.45) is 0.0207. The van der Waals surface area contributed by atoms with Crippen molar-refractivity contribution in [2.45, 2.75) is 12.5 Å². The van der Waals surface area contributed by atoms with E-state index in [2.05, 4.69) is 4.74 Å². The summed E-state index contributed by atoms with van der Waals surface area (Å²) in [5.74, 6) is -0.417. The van der Waals surface area contributed by atoms with Crippen molar-refractivity contribution in [1.29, 1.82) is 0 Å². The van der Waals surface area contributed by atoms with E-state index in [-0.39, 0.29) is 18.8 Å². The first-order chi connectivity index (χ1) is 7.45. The maximum atomic E-state index is 11.1. The van der Waals surface area contributed by atoms with Crippen molar-refractivity contribution in [3.05, 3.63) is 32.8 Å². The van der Waals surface area contributed by atoms with Crippen LogP contribution in [-0.2, 0) is 9.53 Å². The fourth-order valence-corrected chi connectivity index (χ4v) is 1.98. The number of hydrogen-bond donors (Lipinski definition) is 1. The number of nitrogens with two attached hydrogens (primary N) is 1. The second-order valence-electron chi connectivity index (χ2n) is 3.18. The number of hydrogen-bond acceptors (Lipinski definition) is 3. The fourth-order valence-electron chi connectivity index (χ4n) is 1.22. The molecule has 2 N–H and O–H groups in total. The Morgan fingerprint density at radius 3 is 2.53 bits per heavy atom. The molecular weight excluding hydrogens is 308 g/mol. The highest BCUT2D eigenvalue weighted by Gasteiger charge is 2.17. The van der Waals surface area contributed by atoms with E-state index in [9.17, 15) is 4.79 Å². The first-order valence-corrected chi connectivity index (χ1v) is 5.56. The van der Waals surface area contributed by atoms with Crippen LogP contribution in [0.15, 0.2) is 12.1 Å². The molecule has 3 nitrogen and oxygen atoms in total. The topological polar surface area (TPSA) is 52.3 Å². The van der Waals surface area contributed by atoms with Crippen molar-refractivity contribution >= 4 is 53.2 Å². The molecule has 0 fully saturated rings. The monoisotopic (exact) mass is 317 g/mol. The molecule has 0 saturated heterocycles. The lowest BCUT2D eigenvalue weighted by atomic mass is 10.0. The highest BCUT2D eigenvalue weighted by molar-refractivity contribution is 6.43. The molecule has 0 saturated carbocycles. The molecule has 0 aromatic heterocycles. The van der Waals surface area contributed by atoms with Crippen molar-refractivity contribution in [2.24, 2.45) is 5.73 Å². The number of ether oxygens (including phenoxy) is 1. The Bertz CT molecular complexity index is 412. The van der Waals surface area contributed by atoms with Crippen molar-refractivity contribution < 1.29 is 9.53 Å². The summed E-state index contributed by atoms with van der Waals surface area (Å²) in [4.78, 5) is 11.1. The molecule has 1 aromatic rings. The van der Waals surface area contributed by atoms with Crippen molar-refractivity contribution in [2.75, 3.05) is 7.11 Å².